The molecule has 0 aliphatic heterocycles. The number of carboxylic acid groups (broad SMARTS) is 1. The highest BCUT2D eigenvalue weighted by atomic mass is 79.9. The van der Waals surface area contributed by atoms with E-state index in [0.717, 1.165) is 10.0 Å². The number of carbonyl (C=O) groups excluding carboxylic acids is 1. The van der Waals surface area contributed by atoms with Gasteiger partial charge in [0.25, 0.3) is 0 Å². The number of carbonyl (C=O) groups is 2. The molecule has 0 saturated carbocycles. The summed E-state index contributed by atoms with van der Waals surface area (Å²) in [5.41, 5.74) is 1.52. The second-order valence-corrected chi connectivity index (χ2v) is 5.43. The van der Waals surface area contributed by atoms with Gasteiger partial charge in [0.2, 0.25) is 0 Å². The van der Waals surface area contributed by atoms with Gasteiger partial charge in [-0.3, -0.25) is 0 Å². The molecule has 0 fully saturated rings. The second kappa shape index (κ2) is 6.56. The molecule has 0 aromatic heterocycles. The molecule has 1 aromatic carbocycles. The third-order valence-electron chi connectivity index (χ3n) is 2.74. The number of urea groups is 1. The molecule has 0 spiro atoms. The van der Waals surface area contributed by atoms with Crippen LogP contribution in [0.3, 0.4) is 0 Å². The number of hydrogen-bond acceptors (Lipinski definition) is 2. The lowest BCUT2D eigenvalue weighted by Crippen LogP contribution is -2.46. The first-order valence-electron chi connectivity index (χ1n) is 5.88. The topological polar surface area (TPSA) is 78.4 Å². The van der Waals surface area contributed by atoms with Gasteiger partial charge in [-0.1, -0.05) is 35.8 Å². The molecule has 3 N–H and O–H groups in total. The maximum absolute atomic E-state index is 11.8. The van der Waals surface area contributed by atoms with E-state index < -0.39 is 18.0 Å². The van der Waals surface area contributed by atoms with Crippen LogP contribution in [0.5, 0.6) is 0 Å². The van der Waals surface area contributed by atoms with Crippen LogP contribution in [-0.4, -0.2) is 23.1 Å². The van der Waals surface area contributed by atoms with E-state index in [1.165, 1.54) is 0 Å². The molecule has 5 nitrogen and oxygen atoms in total. The lowest BCUT2D eigenvalue weighted by Gasteiger charge is -2.18. The maximum atomic E-state index is 11.8. The summed E-state index contributed by atoms with van der Waals surface area (Å²) in [5, 5.41) is 14.1. The van der Waals surface area contributed by atoms with Crippen molar-refractivity contribution in [1.82, 2.24) is 5.32 Å². The molecule has 104 valence electrons. The molecule has 0 bridgehead atoms. The Morgan fingerprint density at radius 1 is 1.32 bits per heavy atom. The molecule has 0 aliphatic rings. The van der Waals surface area contributed by atoms with E-state index in [4.69, 9.17) is 5.11 Å². The van der Waals surface area contributed by atoms with Crippen molar-refractivity contribution in [3.05, 3.63) is 28.2 Å². The van der Waals surface area contributed by atoms with E-state index in [2.05, 4.69) is 26.6 Å². The molecule has 1 atom stereocenters. The molecular weight excluding hydrogens is 312 g/mol. The van der Waals surface area contributed by atoms with Crippen LogP contribution in [0.1, 0.15) is 19.4 Å². The van der Waals surface area contributed by atoms with Gasteiger partial charge < -0.3 is 15.7 Å². The number of nitrogens with one attached hydrogen (secondary N) is 2. The van der Waals surface area contributed by atoms with Crippen molar-refractivity contribution in [3.8, 4) is 0 Å². The molecule has 0 aliphatic carbocycles. The average Bonchev–Trinajstić information content (AvgIpc) is 2.31. The van der Waals surface area contributed by atoms with Gasteiger partial charge in [-0.05, 0) is 30.5 Å². The molecule has 0 unspecified atom stereocenters. The molecule has 19 heavy (non-hydrogen) atoms. The molecule has 6 heteroatoms. The van der Waals surface area contributed by atoms with Crippen LogP contribution in [0.4, 0.5) is 10.5 Å². The lowest BCUT2D eigenvalue weighted by atomic mass is 10.1. The number of benzene rings is 1. The summed E-state index contributed by atoms with van der Waals surface area (Å²) in [7, 11) is 0. The standard InChI is InChI=1S/C13H17BrN2O3/c1-7(2)11(12(17)18)16-13(19)15-10-6-4-5-9(14)8(10)3/h4-7,11H,1-3H3,(H,17,18)(H2,15,16,19)/t11-/m0/s1. The highest BCUT2D eigenvalue weighted by Gasteiger charge is 2.23. The van der Waals surface area contributed by atoms with Gasteiger partial charge in [-0.25, -0.2) is 9.59 Å². The first-order chi connectivity index (χ1) is 8.82. The SMILES string of the molecule is Cc1c(Br)cccc1NC(=O)N[C@H](C(=O)O)C(C)C. The summed E-state index contributed by atoms with van der Waals surface area (Å²) in [6.07, 6.45) is 0. The van der Waals surface area contributed by atoms with Crippen molar-refractivity contribution in [2.45, 2.75) is 26.8 Å². The van der Waals surface area contributed by atoms with Gasteiger partial charge >= 0.3 is 12.0 Å². The Bertz CT molecular complexity index is 489. The average molecular weight is 329 g/mol. The van der Waals surface area contributed by atoms with Crippen molar-refractivity contribution in [3.63, 3.8) is 0 Å². The number of rotatable bonds is 4. The first kappa shape index (κ1) is 15.5. The van der Waals surface area contributed by atoms with Crippen molar-refractivity contribution in [2.24, 2.45) is 5.92 Å². The molecular formula is C13H17BrN2O3. The van der Waals surface area contributed by atoms with E-state index >= 15 is 0 Å². The fourth-order valence-electron chi connectivity index (χ4n) is 1.56. The van der Waals surface area contributed by atoms with Crippen LogP contribution in [0, 0.1) is 12.8 Å². The van der Waals surface area contributed by atoms with Gasteiger partial charge in [-0.2, -0.15) is 0 Å². The van der Waals surface area contributed by atoms with Crippen LogP contribution in [-0.2, 0) is 4.79 Å². The van der Waals surface area contributed by atoms with Crippen LogP contribution in [0.25, 0.3) is 0 Å². The number of aliphatic carboxylic acids is 1. The highest BCUT2D eigenvalue weighted by Crippen LogP contribution is 2.23. The van der Waals surface area contributed by atoms with Crippen LogP contribution in [0.2, 0.25) is 0 Å². The number of amides is 2. The summed E-state index contributed by atoms with van der Waals surface area (Å²) in [6, 6.07) is 3.98. The van der Waals surface area contributed by atoms with Gasteiger partial charge in [-0.15, -0.1) is 0 Å². The van der Waals surface area contributed by atoms with E-state index in [-0.39, 0.29) is 5.92 Å². The maximum Gasteiger partial charge on any atom is 0.326 e. The molecule has 0 saturated heterocycles. The number of anilines is 1. The van der Waals surface area contributed by atoms with Gasteiger partial charge in [0.05, 0.1) is 0 Å². The van der Waals surface area contributed by atoms with E-state index in [1.54, 1.807) is 26.0 Å². The molecule has 1 rings (SSSR count). The van der Waals surface area contributed by atoms with Crippen molar-refractivity contribution in [2.75, 3.05) is 5.32 Å². The van der Waals surface area contributed by atoms with Crippen LogP contribution >= 0.6 is 15.9 Å². The minimum atomic E-state index is -1.05. The Balaban J connectivity index is 2.75. The smallest absolute Gasteiger partial charge is 0.326 e. The van der Waals surface area contributed by atoms with E-state index in [9.17, 15) is 9.59 Å². The summed E-state index contributed by atoms with van der Waals surface area (Å²) in [5.74, 6) is -1.23. The van der Waals surface area contributed by atoms with Gasteiger partial charge in [0.1, 0.15) is 6.04 Å². The molecule has 0 radical (unpaired) electrons. The quantitative estimate of drug-likeness (QED) is 0.795. The number of hydrogen-bond donors (Lipinski definition) is 3. The fraction of sp³-hybridized carbons (Fsp3) is 0.385. The van der Waals surface area contributed by atoms with Gasteiger partial charge in [0, 0.05) is 10.2 Å². The van der Waals surface area contributed by atoms with Crippen molar-refractivity contribution < 1.29 is 14.7 Å². The fourth-order valence-corrected chi connectivity index (χ4v) is 1.92. The van der Waals surface area contributed by atoms with Crippen LogP contribution in [0.15, 0.2) is 22.7 Å². The Morgan fingerprint density at radius 2 is 1.95 bits per heavy atom. The Hall–Kier alpha value is -1.56. The number of halogens is 1. The molecule has 0 heterocycles. The molecule has 2 amide bonds. The Kier molecular flexibility index (Phi) is 5.35. The minimum Gasteiger partial charge on any atom is -0.480 e. The van der Waals surface area contributed by atoms with E-state index in [1.807, 2.05) is 13.0 Å². The zero-order chi connectivity index (χ0) is 14.6. The van der Waals surface area contributed by atoms with Crippen molar-refractivity contribution in [1.29, 1.82) is 0 Å². The third kappa shape index (κ3) is 4.24. The highest BCUT2D eigenvalue weighted by molar-refractivity contribution is 9.10. The van der Waals surface area contributed by atoms with Crippen molar-refractivity contribution >= 4 is 33.6 Å². The monoisotopic (exact) mass is 328 g/mol. The van der Waals surface area contributed by atoms with Crippen LogP contribution < -0.4 is 10.6 Å². The first-order valence-corrected chi connectivity index (χ1v) is 6.67. The summed E-state index contributed by atoms with van der Waals surface area (Å²) < 4.78 is 0.879. The van der Waals surface area contributed by atoms with Gasteiger partial charge in [0.15, 0.2) is 0 Å². The minimum absolute atomic E-state index is 0.188. The zero-order valence-electron chi connectivity index (χ0n) is 11.0. The summed E-state index contributed by atoms with van der Waals surface area (Å²) in [6.45, 7) is 5.34. The largest absolute Gasteiger partial charge is 0.480 e. The zero-order valence-corrected chi connectivity index (χ0v) is 12.6. The predicted octanol–water partition coefficient (Wildman–Crippen LogP) is 2.99. The van der Waals surface area contributed by atoms with E-state index in [0.29, 0.717) is 5.69 Å². The predicted molar refractivity (Wildman–Crippen MR) is 77.3 cm³/mol. The normalized spacial score (nSPS) is 12.1. The summed E-state index contributed by atoms with van der Waals surface area (Å²) in [4.78, 5) is 22.8. The Labute approximate surface area is 120 Å². The molecule has 1 aromatic rings. The lowest BCUT2D eigenvalue weighted by molar-refractivity contribution is -0.140. The second-order valence-electron chi connectivity index (χ2n) is 4.57. The third-order valence-corrected chi connectivity index (χ3v) is 3.59. The Morgan fingerprint density at radius 3 is 2.47 bits per heavy atom. The number of carboxylic acids is 1. The summed E-state index contributed by atoms with van der Waals surface area (Å²) >= 11 is 3.37.